The van der Waals surface area contributed by atoms with E-state index in [9.17, 15) is 29.6 Å². The standard InChI is InChI=1S/C16H15N3O7S/c20-12-2-1-11(19(24)25)7-10(12)8-13-15(22)18(16(23)27-13)9-14(21)17-3-5-26-6-4-17/h1-2,7-8,20H,3-6,9H2/b13-8-. The average molecular weight is 393 g/mol. The van der Waals surface area contributed by atoms with E-state index in [1.807, 2.05) is 0 Å². The van der Waals surface area contributed by atoms with Crippen LogP contribution in [0.5, 0.6) is 5.75 Å². The molecule has 11 heteroatoms. The molecule has 0 unspecified atom stereocenters. The van der Waals surface area contributed by atoms with Crippen molar-refractivity contribution >= 4 is 40.6 Å². The maximum absolute atomic E-state index is 12.5. The molecule has 142 valence electrons. The van der Waals surface area contributed by atoms with Gasteiger partial charge in [0.25, 0.3) is 16.8 Å². The number of phenolic OH excluding ortho intramolecular Hbond substituents is 1. The first-order valence-electron chi connectivity index (χ1n) is 7.95. The van der Waals surface area contributed by atoms with Gasteiger partial charge in [0.15, 0.2) is 0 Å². The average Bonchev–Trinajstić information content (AvgIpc) is 2.91. The Kier molecular flexibility index (Phi) is 5.42. The van der Waals surface area contributed by atoms with Crippen LogP contribution >= 0.6 is 11.8 Å². The molecule has 2 fully saturated rings. The van der Waals surface area contributed by atoms with Gasteiger partial charge in [-0.05, 0) is 23.9 Å². The fourth-order valence-electron chi connectivity index (χ4n) is 2.60. The van der Waals surface area contributed by atoms with Crippen LogP contribution in [0.2, 0.25) is 0 Å². The van der Waals surface area contributed by atoms with Crippen molar-refractivity contribution in [2.75, 3.05) is 32.8 Å². The van der Waals surface area contributed by atoms with Crippen molar-refractivity contribution in [2.45, 2.75) is 0 Å². The predicted molar refractivity (Wildman–Crippen MR) is 94.8 cm³/mol. The van der Waals surface area contributed by atoms with Crippen LogP contribution in [0.3, 0.4) is 0 Å². The summed E-state index contributed by atoms with van der Waals surface area (Å²) in [7, 11) is 0. The number of benzene rings is 1. The molecule has 2 saturated heterocycles. The molecule has 0 atom stereocenters. The first kappa shape index (κ1) is 18.9. The molecule has 0 aliphatic carbocycles. The Bertz CT molecular complexity index is 848. The molecule has 3 amide bonds. The summed E-state index contributed by atoms with van der Waals surface area (Å²) in [4.78, 5) is 49.4. The van der Waals surface area contributed by atoms with Gasteiger partial charge in [0.1, 0.15) is 12.3 Å². The summed E-state index contributed by atoms with van der Waals surface area (Å²) in [6.07, 6.45) is 1.20. The van der Waals surface area contributed by atoms with Crippen LogP contribution in [0.25, 0.3) is 6.08 Å². The Morgan fingerprint density at radius 3 is 2.70 bits per heavy atom. The lowest BCUT2D eigenvalue weighted by atomic mass is 10.1. The lowest BCUT2D eigenvalue weighted by Gasteiger charge is -2.28. The van der Waals surface area contributed by atoms with Crippen LogP contribution in [0.4, 0.5) is 10.5 Å². The third-order valence-electron chi connectivity index (χ3n) is 4.04. The number of morpholine rings is 1. The number of aromatic hydroxyl groups is 1. The minimum Gasteiger partial charge on any atom is -0.507 e. The number of phenols is 1. The lowest BCUT2D eigenvalue weighted by Crippen LogP contribution is -2.46. The van der Waals surface area contributed by atoms with Crippen molar-refractivity contribution in [2.24, 2.45) is 0 Å². The summed E-state index contributed by atoms with van der Waals surface area (Å²) in [6, 6.07) is 3.36. The van der Waals surface area contributed by atoms with Gasteiger partial charge in [-0.3, -0.25) is 29.4 Å². The molecule has 2 aliphatic rings. The largest absolute Gasteiger partial charge is 0.507 e. The van der Waals surface area contributed by atoms with Gasteiger partial charge in [0.2, 0.25) is 5.91 Å². The molecular weight excluding hydrogens is 378 g/mol. The van der Waals surface area contributed by atoms with Crippen molar-refractivity contribution < 1.29 is 29.2 Å². The number of thioether (sulfide) groups is 1. The minimum atomic E-state index is -0.683. The minimum absolute atomic E-state index is 0.0226. The zero-order valence-electron chi connectivity index (χ0n) is 14.0. The zero-order valence-corrected chi connectivity index (χ0v) is 14.8. The Labute approximate surface area is 157 Å². The second kappa shape index (κ2) is 7.76. The molecular formula is C16H15N3O7S. The number of nitro benzene ring substituents is 1. The topological polar surface area (TPSA) is 130 Å². The number of nitro groups is 1. The summed E-state index contributed by atoms with van der Waals surface area (Å²) in [5, 5.41) is 20.1. The third kappa shape index (κ3) is 4.09. The second-order valence-corrected chi connectivity index (χ2v) is 6.75. The molecule has 0 saturated carbocycles. The van der Waals surface area contributed by atoms with Crippen molar-refractivity contribution in [3.8, 4) is 5.75 Å². The summed E-state index contributed by atoms with van der Waals surface area (Å²) in [5.74, 6) is -1.31. The van der Waals surface area contributed by atoms with E-state index in [0.717, 1.165) is 23.1 Å². The highest BCUT2D eigenvalue weighted by atomic mass is 32.2. The Hall–Kier alpha value is -2.92. The molecule has 1 aromatic rings. The maximum atomic E-state index is 12.5. The number of nitrogens with zero attached hydrogens (tertiary/aromatic N) is 3. The number of imide groups is 1. The highest BCUT2D eigenvalue weighted by Gasteiger charge is 2.37. The fraction of sp³-hybridized carbons (Fsp3) is 0.312. The number of carbonyl (C=O) groups is 3. The van der Waals surface area contributed by atoms with Gasteiger partial charge in [0.05, 0.1) is 23.0 Å². The van der Waals surface area contributed by atoms with E-state index in [1.54, 1.807) is 0 Å². The molecule has 0 bridgehead atoms. The van der Waals surface area contributed by atoms with E-state index in [2.05, 4.69) is 0 Å². The van der Waals surface area contributed by atoms with E-state index < -0.39 is 16.1 Å². The summed E-state index contributed by atoms with van der Waals surface area (Å²) in [6.45, 7) is 1.21. The highest BCUT2D eigenvalue weighted by Crippen LogP contribution is 2.34. The predicted octanol–water partition coefficient (Wildman–Crippen LogP) is 1.20. The third-order valence-corrected chi connectivity index (χ3v) is 4.95. The number of non-ortho nitro benzene ring substituents is 1. The van der Waals surface area contributed by atoms with E-state index >= 15 is 0 Å². The van der Waals surface area contributed by atoms with Crippen LogP contribution < -0.4 is 0 Å². The zero-order chi connectivity index (χ0) is 19.6. The van der Waals surface area contributed by atoms with Gasteiger partial charge in [-0.1, -0.05) is 0 Å². The lowest BCUT2D eigenvalue weighted by molar-refractivity contribution is -0.384. The first-order valence-corrected chi connectivity index (χ1v) is 8.77. The number of hydrogen-bond donors (Lipinski definition) is 1. The monoisotopic (exact) mass is 393 g/mol. The maximum Gasteiger partial charge on any atom is 0.294 e. The van der Waals surface area contributed by atoms with Gasteiger partial charge >= 0.3 is 0 Å². The molecule has 0 aromatic heterocycles. The van der Waals surface area contributed by atoms with E-state index in [0.29, 0.717) is 38.1 Å². The van der Waals surface area contributed by atoms with Gasteiger partial charge in [-0.2, -0.15) is 0 Å². The molecule has 1 N–H and O–H groups in total. The smallest absolute Gasteiger partial charge is 0.294 e. The van der Waals surface area contributed by atoms with E-state index in [-0.39, 0.29) is 34.4 Å². The number of ether oxygens (including phenoxy) is 1. The quantitative estimate of drug-likeness (QED) is 0.459. The van der Waals surface area contributed by atoms with Gasteiger partial charge < -0.3 is 14.7 Å². The van der Waals surface area contributed by atoms with Crippen molar-refractivity contribution in [1.29, 1.82) is 0 Å². The number of carbonyl (C=O) groups excluding carboxylic acids is 3. The van der Waals surface area contributed by atoms with Crippen LogP contribution in [-0.2, 0) is 14.3 Å². The SMILES string of the molecule is O=C(CN1C(=O)S/C(=C\c2cc([N+](=O)[O-])ccc2O)C1=O)N1CCOCC1. The van der Waals surface area contributed by atoms with Gasteiger partial charge in [-0.15, -0.1) is 0 Å². The molecule has 0 radical (unpaired) electrons. The molecule has 2 aliphatic heterocycles. The first-order chi connectivity index (χ1) is 12.9. The normalized spacial score (nSPS) is 19.0. The van der Waals surface area contributed by atoms with Crippen molar-refractivity contribution in [3.63, 3.8) is 0 Å². The van der Waals surface area contributed by atoms with Crippen LogP contribution in [0.1, 0.15) is 5.56 Å². The van der Waals surface area contributed by atoms with Crippen molar-refractivity contribution in [1.82, 2.24) is 9.80 Å². The van der Waals surface area contributed by atoms with Crippen LogP contribution in [0, 0.1) is 10.1 Å². The number of amides is 3. The van der Waals surface area contributed by atoms with E-state index in [4.69, 9.17) is 4.74 Å². The fourth-order valence-corrected chi connectivity index (χ4v) is 3.43. The molecule has 3 rings (SSSR count). The summed E-state index contributed by atoms with van der Waals surface area (Å²) < 4.78 is 5.16. The molecule has 1 aromatic carbocycles. The van der Waals surface area contributed by atoms with Crippen LogP contribution in [0.15, 0.2) is 23.1 Å². The van der Waals surface area contributed by atoms with E-state index in [1.165, 1.54) is 11.0 Å². The molecule has 10 nitrogen and oxygen atoms in total. The second-order valence-electron chi connectivity index (χ2n) is 5.76. The number of rotatable bonds is 4. The Morgan fingerprint density at radius 2 is 2.04 bits per heavy atom. The Balaban J connectivity index is 1.77. The Morgan fingerprint density at radius 1 is 1.33 bits per heavy atom. The van der Waals surface area contributed by atoms with Crippen molar-refractivity contribution in [3.05, 3.63) is 38.8 Å². The summed E-state index contributed by atoms with van der Waals surface area (Å²) in [5.41, 5.74) is -0.227. The highest BCUT2D eigenvalue weighted by molar-refractivity contribution is 8.18. The van der Waals surface area contributed by atoms with Gasteiger partial charge in [-0.25, -0.2) is 0 Å². The van der Waals surface area contributed by atoms with Gasteiger partial charge in [0, 0.05) is 30.8 Å². The molecule has 0 spiro atoms. The van der Waals surface area contributed by atoms with Crippen LogP contribution in [-0.4, -0.2) is 69.7 Å². The molecule has 27 heavy (non-hydrogen) atoms. The molecule has 2 heterocycles. The number of hydrogen-bond acceptors (Lipinski definition) is 8. The summed E-state index contributed by atoms with van der Waals surface area (Å²) >= 11 is 0.610.